The summed E-state index contributed by atoms with van der Waals surface area (Å²) in [5.41, 5.74) is 9.62. The number of rotatable bonds is 3. The molecule has 1 aliphatic rings. The Bertz CT molecular complexity index is 983. The molecular formula is C26H33N2+. The van der Waals surface area contributed by atoms with Crippen LogP contribution in [0.4, 0.5) is 0 Å². The highest BCUT2D eigenvalue weighted by molar-refractivity contribution is 5.66. The lowest BCUT2D eigenvalue weighted by Crippen LogP contribution is -2.36. The summed E-state index contributed by atoms with van der Waals surface area (Å²) in [5, 5.41) is 0. The second-order valence-corrected chi connectivity index (χ2v) is 8.58. The first-order chi connectivity index (χ1) is 13.5. The van der Waals surface area contributed by atoms with Gasteiger partial charge in [-0.1, -0.05) is 55.7 Å². The molecule has 0 unspecified atom stereocenters. The third kappa shape index (κ3) is 3.09. The number of hydrogen-bond acceptors (Lipinski definition) is 0. The molecule has 0 atom stereocenters. The Morgan fingerprint density at radius 1 is 0.786 bits per heavy atom. The zero-order valence-corrected chi connectivity index (χ0v) is 18.0. The third-order valence-corrected chi connectivity index (χ3v) is 6.65. The lowest BCUT2D eigenvalue weighted by atomic mass is 9.86. The van der Waals surface area contributed by atoms with Crippen LogP contribution in [-0.4, -0.2) is 4.57 Å². The first kappa shape index (κ1) is 19.0. The quantitative estimate of drug-likeness (QED) is 0.480. The fourth-order valence-corrected chi connectivity index (χ4v) is 5.28. The molecule has 1 aliphatic carbocycles. The van der Waals surface area contributed by atoms with Crippen molar-refractivity contribution >= 4 is 0 Å². The van der Waals surface area contributed by atoms with Crippen molar-refractivity contribution in [1.29, 1.82) is 0 Å². The van der Waals surface area contributed by atoms with Gasteiger partial charge in [0, 0.05) is 12.8 Å². The molecule has 0 saturated heterocycles. The summed E-state index contributed by atoms with van der Waals surface area (Å²) in [6.45, 7) is 9.04. The van der Waals surface area contributed by atoms with Crippen LogP contribution in [0.1, 0.15) is 66.1 Å². The number of aromatic nitrogens is 2. The van der Waals surface area contributed by atoms with Crippen molar-refractivity contribution in [2.45, 2.75) is 65.7 Å². The Labute approximate surface area is 169 Å². The summed E-state index contributed by atoms with van der Waals surface area (Å²) in [4.78, 5) is 0. The molecule has 0 aliphatic heterocycles. The third-order valence-electron chi connectivity index (χ3n) is 6.65. The number of aryl methyl sites for hydroxylation is 3. The van der Waals surface area contributed by atoms with Gasteiger partial charge in [0.1, 0.15) is 17.1 Å². The van der Waals surface area contributed by atoms with Gasteiger partial charge in [-0.3, -0.25) is 0 Å². The number of hydrogen-bond donors (Lipinski definition) is 0. The SMILES string of the molecule is Cc1ccccc1-n1c(C)c(C2CCCCC2)[n+](C)c1-c1c(C)cccc1C. The van der Waals surface area contributed by atoms with Gasteiger partial charge >= 0.3 is 0 Å². The van der Waals surface area contributed by atoms with Crippen molar-refractivity contribution in [3.05, 3.63) is 70.5 Å². The Kier molecular flexibility index (Phi) is 5.14. The molecule has 146 valence electrons. The molecule has 3 aromatic rings. The van der Waals surface area contributed by atoms with E-state index in [-0.39, 0.29) is 0 Å². The zero-order chi connectivity index (χ0) is 19.8. The molecule has 1 fully saturated rings. The molecule has 0 spiro atoms. The minimum atomic E-state index is 0.673. The van der Waals surface area contributed by atoms with Crippen LogP contribution in [0.15, 0.2) is 42.5 Å². The highest BCUT2D eigenvalue weighted by atomic mass is 15.2. The average Bonchev–Trinajstić information content (AvgIpc) is 2.93. The van der Waals surface area contributed by atoms with Gasteiger partial charge in [0.15, 0.2) is 0 Å². The maximum absolute atomic E-state index is 2.52. The first-order valence-electron chi connectivity index (χ1n) is 10.7. The van der Waals surface area contributed by atoms with Crippen molar-refractivity contribution in [1.82, 2.24) is 4.57 Å². The first-order valence-corrected chi connectivity index (χ1v) is 10.7. The van der Waals surface area contributed by atoms with Crippen molar-refractivity contribution in [2.75, 3.05) is 0 Å². The van der Waals surface area contributed by atoms with E-state index >= 15 is 0 Å². The molecule has 1 aromatic heterocycles. The highest BCUT2D eigenvalue weighted by Crippen LogP contribution is 2.37. The maximum Gasteiger partial charge on any atom is 0.294 e. The van der Waals surface area contributed by atoms with Gasteiger partial charge < -0.3 is 0 Å². The molecule has 1 saturated carbocycles. The van der Waals surface area contributed by atoms with E-state index in [4.69, 9.17) is 0 Å². The summed E-state index contributed by atoms with van der Waals surface area (Å²) in [6.07, 6.45) is 6.75. The average molecular weight is 374 g/mol. The summed E-state index contributed by atoms with van der Waals surface area (Å²) in [7, 11) is 2.28. The predicted octanol–water partition coefficient (Wildman–Crippen LogP) is 6.25. The van der Waals surface area contributed by atoms with E-state index in [0.29, 0.717) is 5.92 Å². The number of benzene rings is 2. The second kappa shape index (κ2) is 7.58. The summed E-state index contributed by atoms with van der Waals surface area (Å²) in [6, 6.07) is 15.5. The van der Waals surface area contributed by atoms with Crippen molar-refractivity contribution in [2.24, 2.45) is 7.05 Å². The molecule has 2 heteroatoms. The van der Waals surface area contributed by atoms with Gasteiger partial charge in [-0.05, 0) is 56.4 Å². The van der Waals surface area contributed by atoms with Gasteiger partial charge in [0.05, 0.1) is 12.6 Å². The summed E-state index contributed by atoms with van der Waals surface area (Å²) in [5.74, 6) is 2.00. The van der Waals surface area contributed by atoms with Crippen molar-refractivity contribution < 1.29 is 4.57 Å². The van der Waals surface area contributed by atoms with E-state index in [0.717, 1.165) is 0 Å². The van der Waals surface area contributed by atoms with Crippen LogP contribution < -0.4 is 4.57 Å². The molecular weight excluding hydrogens is 340 g/mol. The molecule has 1 heterocycles. The summed E-state index contributed by atoms with van der Waals surface area (Å²) < 4.78 is 5.03. The lowest BCUT2D eigenvalue weighted by molar-refractivity contribution is -0.668. The smallest absolute Gasteiger partial charge is 0.229 e. The van der Waals surface area contributed by atoms with E-state index in [9.17, 15) is 0 Å². The molecule has 4 rings (SSSR count). The number of nitrogens with zero attached hydrogens (tertiary/aromatic N) is 2. The topological polar surface area (TPSA) is 8.81 Å². The van der Waals surface area contributed by atoms with E-state index in [1.807, 2.05) is 0 Å². The van der Waals surface area contributed by atoms with Gasteiger partial charge in [0.2, 0.25) is 0 Å². The van der Waals surface area contributed by atoms with Crippen LogP contribution in [0.3, 0.4) is 0 Å². The fourth-order valence-electron chi connectivity index (χ4n) is 5.28. The van der Waals surface area contributed by atoms with Crippen LogP contribution in [0.25, 0.3) is 17.1 Å². The number of para-hydroxylation sites is 1. The van der Waals surface area contributed by atoms with Crippen molar-refractivity contribution in [3.8, 4) is 17.1 Å². The molecule has 2 aromatic carbocycles. The second-order valence-electron chi connectivity index (χ2n) is 8.58. The van der Waals surface area contributed by atoms with Gasteiger partial charge in [-0.25, -0.2) is 4.57 Å². The monoisotopic (exact) mass is 373 g/mol. The van der Waals surface area contributed by atoms with Gasteiger partial charge in [0.25, 0.3) is 5.82 Å². The maximum atomic E-state index is 2.52. The van der Waals surface area contributed by atoms with E-state index in [1.54, 1.807) is 0 Å². The highest BCUT2D eigenvalue weighted by Gasteiger charge is 2.35. The van der Waals surface area contributed by atoms with Gasteiger partial charge in [-0.2, -0.15) is 4.57 Å². The van der Waals surface area contributed by atoms with Crippen LogP contribution in [0.2, 0.25) is 0 Å². The standard InChI is InChI=1S/C26H33N2/c1-18-12-9-10-17-23(18)28-21(4)25(22-15-7-6-8-16-22)27(5)26(28)24-19(2)13-11-14-20(24)3/h9-14,17,22H,6-8,15-16H2,1-5H3/q+1. The molecule has 0 radical (unpaired) electrons. The molecule has 0 amide bonds. The van der Waals surface area contributed by atoms with E-state index in [2.05, 4.69) is 86.3 Å². The van der Waals surface area contributed by atoms with Crippen LogP contribution in [0.5, 0.6) is 0 Å². The van der Waals surface area contributed by atoms with E-state index < -0.39 is 0 Å². The molecule has 0 bridgehead atoms. The minimum Gasteiger partial charge on any atom is -0.229 e. The zero-order valence-electron chi connectivity index (χ0n) is 18.0. The fraction of sp³-hybridized carbons (Fsp3) is 0.423. The Hall–Kier alpha value is -2.35. The normalized spacial score (nSPS) is 15.2. The predicted molar refractivity (Wildman–Crippen MR) is 117 cm³/mol. The van der Waals surface area contributed by atoms with Crippen molar-refractivity contribution in [3.63, 3.8) is 0 Å². The van der Waals surface area contributed by atoms with Crippen LogP contribution in [-0.2, 0) is 7.05 Å². The van der Waals surface area contributed by atoms with E-state index in [1.165, 1.54) is 77.3 Å². The Morgan fingerprint density at radius 2 is 1.39 bits per heavy atom. The van der Waals surface area contributed by atoms with Crippen LogP contribution in [0, 0.1) is 27.7 Å². The Morgan fingerprint density at radius 3 is 2.04 bits per heavy atom. The molecule has 28 heavy (non-hydrogen) atoms. The number of imidazole rings is 1. The lowest BCUT2D eigenvalue weighted by Gasteiger charge is -2.20. The van der Waals surface area contributed by atoms with Crippen LogP contribution >= 0.6 is 0 Å². The minimum absolute atomic E-state index is 0.673. The van der Waals surface area contributed by atoms with Gasteiger partial charge in [-0.15, -0.1) is 0 Å². The Balaban J connectivity index is 2.05. The summed E-state index contributed by atoms with van der Waals surface area (Å²) >= 11 is 0. The largest absolute Gasteiger partial charge is 0.294 e. The molecule has 0 N–H and O–H groups in total. The molecule has 2 nitrogen and oxygen atoms in total.